The van der Waals surface area contributed by atoms with Crippen LogP contribution >= 0.6 is 0 Å². The second kappa shape index (κ2) is 12.5. The number of hydrogen-bond acceptors (Lipinski definition) is 2. The Labute approximate surface area is 353 Å². The van der Waals surface area contributed by atoms with Gasteiger partial charge in [0.15, 0.2) is 11.3 Å². The summed E-state index contributed by atoms with van der Waals surface area (Å²) in [6, 6.07) is 73.4. The summed E-state index contributed by atoms with van der Waals surface area (Å²) in [6.07, 6.45) is 0. The van der Waals surface area contributed by atoms with Crippen LogP contribution in [0.5, 0.6) is 0 Å². The second-order valence-electron chi connectivity index (χ2n) is 16.0. The van der Waals surface area contributed by atoms with Crippen molar-refractivity contribution >= 4 is 77.8 Å². The van der Waals surface area contributed by atoms with Gasteiger partial charge in [-0.15, -0.1) is 0 Å². The minimum absolute atomic E-state index is 0.879. The third-order valence-electron chi connectivity index (χ3n) is 12.6. The van der Waals surface area contributed by atoms with E-state index in [9.17, 15) is 0 Å². The molecule has 6 aromatic heterocycles. The molecule has 0 radical (unpaired) electrons. The lowest BCUT2D eigenvalue weighted by Crippen LogP contribution is -1.98. The molecule has 0 aliphatic heterocycles. The molecule has 0 bridgehead atoms. The Morgan fingerprint density at radius 2 is 0.629 bits per heavy atom. The molecule has 0 aliphatic carbocycles. The summed E-state index contributed by atoms with van der Waals surface area (Å²) in [5.41, 5.74) is 17.2. The molecule has 290 valence electrons. The SMILES string of the molecule is c1ccc(-n2c3c4cc(-c5ccc6c(c5)c5c(n6-c6ccccc6)n6c7ccccc7nc6n5-c5ccccc5)ccc4n(-c4ccccc4)c3n3c4ccccc4nc23)cc1. The van der Waals surface area contributed by atoms with Gasteiger partial charge >= 0.3 is 0 Å². The molecular weight excluding hydrogens is 761 g/mol. The number of imidazole rings is 4. The first-order chi connectivity index (χ1) is 30.8. The maximum atomic E-state index is 5.28. The van der Waals surface area contributed by atoms with Gasteiger partial charge in [-0.3, -0.25) is 27.1 Å². The van der Waals surface area contributed by atoms with Crippen molar-refractivity contribution in [2.24, 2.45) is 0 Å². The van der Waals surface area contributed by atoms with Gasteiger partial charge in [0.2, 0.25) is 11.6 Å². The van der Waals surface area contributed by atoms with Crippen LogP contribution in [-0.4, -0.2) is 37.0 Å². The van der Waals surface area contributed by atoms with Crippen molar-refractivity contribution < 1.29 is 0 Å². The van der Waals surface area contributed by atoms with Crippen LogP contribution in [0, 0.1) is 0 Å². The summed E-state index contributed by atoms with van der Waals surface area (Å²) in [4.78, 5) is 10.6. The molecular formula is C54H34N8. The van der Waals surface area contributed by atoms with Gasteiger partial charge in [0.05, 0.1) is 33.1 Å². The van der Waals surface area contributed by atoms with Gasteiger partial charge in [0, 0.05) is 33.5 Å². The Kier molecular flexibility index (Phi) is 6.68. The quantitative estimate of drug-likeness (QED) is 0.174. The van der Waals surface area contributed by atoms with Gasteiger partial charge in [-0.25, -0.2) is 9.97 Å². The predicted octanol–water partition coefficient (Wildman–Crippen LogP) is 12.7. The first-order valence-electron chi connectivity index (χ1n) is 20.9. The minimum atomic E-state index is 0.879. The summed E-state index contributed by atoms with van der Waals surface area (Å²) in [5.74, 6) is 1.76. The Hall–Kier alpha value is -8.62. The van der Waals surface area contributed by atoms with Crippen molar-refractivity contribution in [1.82, 2.24) is 37.0 Å². The molecule has 62 heavy (non-hydrogen) atoms. The number of fused-ring (bicyclic) bond motifs is 14. The number of rotatable bonds is 5. The lowest BCUT2D eigenvalue weighted by Gasteiger charge is -2.10. The molecule has 0 unspecified atom stereocenters. The molecule has 0 aliphatic rings. The molecule has 6 heterocycles. The van der Waals surface area contributed by atoms with Gasteiger partial charge < -0.3 is 0 Å². The smallest absolute Gasteiger partial charge is 0.221 e. The molecule has 0 fully saturated rings. The number of hydrogen-bond donors (Lipinski definition) is 0. The second-order valence-corrected chi connectivity index (χ2v) is 16.0. The fourth-order valence-electron chi connectivity index (χ4n) is 10.00. The van der Waals surface area contributed by atoms with Crippen LogP contribution in [0.3, 0.4) is 0 Å². The third-order valence-corrected chi connectivity index (χ3v) is 12.6. The van der Waals surface area contributed by atoms with E-state index in [0.29, 0.717) is 0 Å². The van der Waals surface area contributed by atoms with Crippen LogP contribution < -0.4 is 0 Å². The highest BCUT2D eigenvalue weighted by molar-refractivity contribution is 6.13. The van der Waals surface area contributed by atoms with Crippen molar-refractivity contribution in [2.75, 3.05) is 0 Å². The summed E-state index contributed by atoms with van der Waals surface area (Å²) >= 11 is 0. The first-order valence-corrected chi connectivity index (χ1v) is 20.9. The van der Waals surface area contributed by atoms with Crippen LogP contribution in [0.1, 0.15) is 0 Å². The van der Waals surface area contributed by atoms with E-state index in [1.165, 1.54) is 0 Å². The fourth-order valence-corrected chi connectivity index (χ4v) is 10.00. The summed E-state index contributed by atoms with van der Waals surface area (Å²) in [5, 5.41) is 2.29. The maximum Gasteiger partial charge on any atom is 0.221 e. The highest BCUT2D eigenvalue weighted by Gasteiger charge is 2.28. The lowest BCUT2D eigenvalue weighted by molar-refractivity contribution is 1.09. The first kappa shape index (κ1) is 33.2. The standard InChI is InChI=1S/C54H34N8/c1-5-17-37(18-6-1)57-45-31-29-35(33-41(45)49-51(57)61-47-27-15-13-25-43(47)55-53(61)59(49)39-21-9-3-10-22-39)36-30-32-46-42(34-36)50-52(58(46)38-19-7-2-8-20-38)62-48-28-16-14-26-44(48)56-54(62)60(50)40-23-11-4-12-24-40/h1-34H. The Bertz CT molecular complexity index is 3800. The molecule has 0 spiro atoms. The predicted molar refractivity (Wildman–Crippen MR) is 252 cm³/mol. The van der Waals surface area contributed by atoms with E-state index in [-0.39, 0.29) is 0 Å². The Morgan fingerprint density at radius 1 is 0.290 bits per heavy atom. The van der Waals surface area contributed by atoms with Gasteiger partial charge in [-0.05, 0) is 108 Å². The van der Waals surface area contributed by atoms with Crippen LogP contribution in [-0.2, 0) is 0 Å². The number of benzene rings is 8. The molecule has 14 rings (SSSR count). The van der Waals surface area contributed by atoms with E-state index in [1.807, 2.05) is 0 Å². The normalized spacial score (nSPS) is 12.2. The van der Waals surface area contributed by atoms with Crippen LogP contribution in [0.25, 0.3) is 112 Å². The van der Waals surface area contributed by atoms with E-state index in [2.05, 4.69) is 233 Å². The van der Waals surface area contributed by atoms with Crippen molar-refractivity contribution in [2.45, 2.75) is 0 Å². The van der Waals surface area contributed by atoms with Crippen LogP contribution in [0.2, 0.25) is 0 Å². The van der Waals surface area contributed by atoms with Crippen molar-refractivity contribution in [3.8, 4) is 33.9 Å². The van der Waals surface area contributed by atoms with E-state index < -0.39 is 0 Å². The van der Waals surface area contributed by atoms with Gasteiger partial charge in [0.25, 0.3) is 0 Å². The Morgan fingerprint density at radius 3 is 1.02 bits per heavy atom. The number of para-hydroxylation sites is 8. The average molecular weight is 795 g/mol. The fraction of sp³-hybridized carbons (Fsp3) is 0. The van der Waals surface area contributed by atoms with Crippen molar-refractivity contribution in [3.05, 3.63) is 206 Å². The lowest BCUT2D eigenvalue weighted by atomic mass is 10.0. The van der Waals surface area contributed by atoms with E-state index in [1.54, 1.807) is 0 Å². The number of aromatic nitrogens is 8. The zero-order valence-corrected chi connectivity index (χ0v) is 33.2. The van der Waals surface area contributed by atoms with Crippen molar-refractivity contribution in [3.63, 3.8) is 0 Å². The molecule has 0 saturated heterocycles. The average Bonchev–Trinajstić information content (AvgIpc) is 4.17. The molecule has 0 amide bonds. The molecule has 8 heteroatoms. The van der Waals surface area contributed by atoms with E-state index >= 15 is 0 Å². The summed E-state index contributed by atoms with van der Waals surface area (Å²) in [7, 11) is 0. The van der Waals surface area contributed by atoms with Gasteiger partial charge in [-0.1, -0.05) is 109 Å². The summed E-state index contributed by atoms with van der Waals surface area (Å²) < 4.78 is 14.1. The topological polar surface area (TPSA) is 54.3 Å². The zero-order valence-electron chi connectivity index (χ0n) is 33.2. The summed E-state index contributed by atoms with van der Waals surface area (Å²) in [6.45, 7) is 0. The zero-order chi connectivity index (χ0) is 40.5. The van der Waals surface area contributed by atoms with E-state index in [4.69, 9.17) is 9.97 Å². The highest BCUT2D eigenvalue weighted by atomic mass is 15.3. The van der Waals surface area contributed by atoms with Crippen LogP contribution in [0.4, 0.5) is 0 Å². The maximum absolute atomic E-state index is 5.28. The number of nitrogens with zero attached hydrogens (tertiary/aromatic N) is 8. The molecule has 0 N–H and O–H groups in total. The molecule has 0 atom stereocenters. The van der Waals surface area contributed by atoms with E-state index in [0.717, 1.165) is 112 Å². The molecule has 8 aromatic carbocycles. The molecule has 14 aromatic rings. The van der Waals surface area contributed by atoms with Crippen molar-refractivity contribution in [1.29, 1.82) is 0 Å². The van der Waals surface area contributed by atoms with Crippen LogP contribution in [0.15, 0.2) is 206 Å². The monoisotopic (exact) mass is 794 g/mol. The Balaban J connectivity index is 1.11. The van der Waals surface area contributed by atoms with Gasteiger partial charge in [0.1, 0.15) is 11.0 Å². The third kappa shape index (κ3) is 4.44. The highest BCUT2D eigenvalue weighted by Crippen LogP contribution is 2.43. The van der Waals surface area contributed by atoms with Gasteiger partial charge in [-0.2, -0.15) is 0 Å². The largest absolute Gasteiger partial charge is 0.294 e. The molecule has 8 nitrogen and oxygen atoms in total. The molecule has 0 saturated carbocycles. The minimum Gasteiger partial charge on any atom is -0.294 e.